The van der Waals surface area contributed by atoms with E-state index in [2.05, 4.69) is 10.0 Å². The van der Waals surface area contributed by atoms with Crippen LogP contribution in [0.15, 0.2) is 126 Å². The summed E-state index contributed by atoms with van der Waals surface area (Å²) in [5.41, 5.74) is 13.1. The van der Waals surface area contributed by atoms with Crippen molar-refractivity contribution in [2.45, 2.75) is 76.3 Å². The molecule has 2 unspecified atom stereocenters. The van der Waals surface area contributed by atoms with Crippen LogP contribution in [-0.4, -0.2) is 54.2 Å². The second-order valence-corrected chi connectivity index (χ2v) is 12.2. The topological polar surface area (TPSA) is 132 Å². The number of carboxylic acid groups (broad SMARTS) is 1. The van der Waals surface area contributed by atoms with Gasteiger partial charge in [0.2, 0.25) is 0 Å². The van der Waals surface area contributed by atoms with Gasteiger partial charge in [-0.15, -0.1) is 0 Å². The normalized spacial score (nSPS) is 21.7. The molecule has 0 amide bonds. The molecular formula is C39H43N3O7. The minimum Gasteiger partial charge on any atom is -0.481 e. The van der Waals surface area contributed by atoms with E-state index in [0.717, 1.165) is 22.3 Å². The van der Waals surface area contributed by atoms with Crippen LogP contribution in [0.3, 0.4) is 0 Å². The van der Waals surface area contributed by atoms with Crippen molar-refractivity contribution in [3.8, 4) is 0 Å². The van der Waals surface area contributed by atoms with Gasteiger partial charge in [-0.1, -0.05) is 133 Å². The molecule has 1 aliphatic rings. The minimum atomic E-state index is -1.29. The third kappa shape index (κ3) is 10.7. The number of hydrogen-bond donors (Lipinski definition) is 1. The number of nitrogens with zero attached hydrogens (tertiary/aromatic N) is 3. The Balaban J connectivity index is 1.48. The Kier molecular flexibility index (Phi) is 13.8. The summed E-state index contributed by atoms with van der Waals surface area (Å²) in [5.74, 6) is -1.78. The van der Waals surface area contributed by atoms with Gasteiger partial charge in [-0.25, -0.2) is 0 Å². The third-order valence-corrected chi connectivity index (χ3v) is 8.55. The zero-order valence-corrected chi connectivity index (χ0v) is 27.6. The quantitative estimate of drug-likeness (QED) is 0.0661. The number of rotatable bonds is 18. The number of azide groups is 1. The van der Waals surface area contributed by atoms with E-state index in [1.54, 1.807) is 6.92 Å². The summed E-state index contributed by atoms with van der Waals surface area (Å²) >= 11 is 0. The maximum absolute atomic E-state index is 12.1. The van der Waals surface area contributed by atoms with E-state index in [0.29, 0.717) is 13.2 Å². The fraction of sp³-hybridized carbons (Fsp3) is 0.359. The third-order valence-electron chi connectivity index (χ3n) is 8.55. The molecule has 4 aromatic carbocycles. The fourth-order valence-corrected chi connectivity index (χ4v) is 6.03. The molecule has 1 heterocycles. The van der Waals surface area contributed by atoms with E-state index in [1.165, 1.54) is 0 Å². The maximum Gasteiger partial charge on any atom is 0.312 e. The highest BCUT2D eigenvalue weighted by molar-refractivity contribution is 5.74. The Morgan fingerprint density at radius 1 is 0.694 bits per heavy atom. The summed E-state index contributed by atoms with van der Waals surface area (Å²) in [5, 5.41) is 13.5. The zero-order valence-electron chi connectivity index (χ0n) is 27.6. The van der Waals surface area contributed by atoms with E-state index < -0.39 is 48.4 Å². The van der Waals surface area contributed by atoms with Crippen molar-refractivity contribution in [3.05, 3.63) is 154 Å². The second kappa shape index (κ2) is 18.9. The Bertz CT molecular complexity index is 1590. The maximum atomic E-state index is 12.1. The van der Waals surface area contributed by atoms with Crippen molar-refractivity contribution < 1.29 is 33.6 Å². The van der Waals surface area contributed by atoms with E-state index in [9.17, 15) is 9.90 Å². The summed E-state index contributed by atoms with van der Waals surface area (Å²) < 4.78 is 33.1. The molecule has 1 aliphatic heterocycles. The number of ether oxygens (including phenoxy) is 5. The SMILES string of the molecule is CC(C[C@@H]1O[C@H](COCc2ccccc2)[C@H](OCc2ccccc2)[C@H](OCc2ccccc2)[C@H]1OCc1ccccc1)C(N=[N+]=[N-])C(=O)O. The van der Waals surface area contributed by atoms with Crippen molar-refractivity contribution >= 4 is 5.97 Å². The standard InChI is InChI=1S/C39H43N3O7/c1-28(35(39(43)44)41-42-40)22-33-36(46-24-30-16-8-3-9-17-30)38(48-26-32-20-12-5-13-21-32)37(47-25-31-18-10-4-11-19-31)34(49-33)27-45-23-29-14-6-2-7-15-29/h2-21,28,33-38H,22-27H2,1H3,(H,43,44)/t28?,33-,34+,35?,36-,37-,38+/m0/s1. The van der Waals surface area contributed by atoms with E-state index in [4.69, 9.17) is 29.2 Å². The predicted octanol–water partition coefficient (Wildman–Crippen LogP) is 7.52. The highest BCUT2D eigenvalue weighted by Crippen LogP contribution is 2.34. The summed E-state index contributed by atoms with van der Waals surface area (Å²) in [6.45, 7) is 3.16. The van der Waals surface area contributed by atoms with Crippen LogP contribution in [0.2, 0.25) is 0 Å². The highest BCUT2D eigenvalue weighted by atomic mass is 16.6. The first-order valence-electron chi connectivity index (χ1n) is 16.5. The number of benzene rings is 4. The Morgan fingerprint density at radius 3 is 1.53 bits per heavy atom. The van der Waals surface area contributed by atoms with E-state index >= 15 is 0 Å². The van der Waals surface area contributed by atoms with Gasteiger partial charge in [-0.2, -0.15) is 0 Å². The molecule has 1 N–H and O–H groups in total. The van der Waals surface area contributed by atoms with Gasteiger partial charge in [0.05, 0.1) is 39.1 Å². The zero-order chi connectivity index (χ0) is 34.3. The summed E-state index contributed by atoms with van der Waals surface area (Å²) in [4.78, 5) is 14.9. The van der Waals surface area contributed by atoms with Gasteiger partial charge in [0.25, 0.3) is 0 Å². The monoisotopic (exact) mass is 665 g/mol. The molecule has 0 saturated carbocycles. The summed E-state index contributed by atoms with van der Waals surface area (Å²) in [6, 6.07) is 38.1. The molecule has 4 aromatic rings. The van der Waals surface area contributed by atoms with Crippen LogP contribution in [0.25, 0.3) is 10.4 Å². The average Bonchev–Trinajstić information content (AvgIpc) is 3.13. The van der Waals surface area contributed by atoms with Crippen LogP contribution < -0.4 is 0 Å². The van der Waals surface area contributed by atoms with Crippen molar-refractivity contribution in [2.75, 3.05) is 6.61 Å². The first-order valence-corrected chi connectivity index (χ1v) is 16.5. The lowest BCUT2D eigenvalue weighted by Crippen LogP contribution is -2.61. The molecule has 1 saturated heterocycles. The van der Waals surface area contributed by atoms with Gasteiger partial charge in [0.1, 0.15) is 30.5 Å². The minimum absolute atomic E-state index is 0.189. The van der Waals surface area contributed by atoms with Crippen LogP contribution >= 0.6 is 0 Å². The lowest BCUT2D eigenvalue weighted by atomic mass is 9.87. The molecular weight excluding hydrogens is 622 g/mol. The lowest BCUT2D eigenvalue weighted by Gasteiger charge is -2.47. The molecule has 1 fully saturated rings. The van der Waals surface area contributed by atoms with E-state index in [-0.39, 0.29) is 26.2 Å². The van der Waals surface area contributed by atoms with Gasteiger partial charge in [-0.3, -0.25) is 4.79 Å². The average molecular weight is 666 g/mol. The molecule has 0 radical (unpaired) electrons. The van der Waals surface area contributed by atoms with E-state index in [1.807, 2.05) is 121 Å². The number of hydrogen-bond acceptors (Lipinski definition) is 7. The molecule has 256 valence electrons. The fourth-order valence-electron chi connectivity index (χ4n) is 6.03. The molecule has 0 spiro atoms. The molecule has 7 atom stereocenters. The van der Waals surface area contributed by atoms with Crippen LogP contribution in [0, 0.1) is 5.92 Å². The molecule has 5 rings (SSSR count). The highest BCUT2D eigenvalue weighted by Gasteiger charge is 2.49. The Labute approximate surface area is 287 Å². The van der Waals surface area contributed by atoms with Crippen LogP contribution in [0.4, 0.5) is 0 Å². The predicted molar refractivity (Wildman–Crippen MR) is 184 cm³/mol. The molecule has 0 aliphatic carbocycles. The van der Waals surface area contributed by atoms with Crippen molar-refractivity contribution in [3.63, 3.8) is 0 Å². The van der Waals surface area contributed by atoms with Crippen LogP contribution in [-0.2, 0) is 54.9 Å². The summed E-state index contributed by atoms with van der Waals surface area (Å²) in [6.07, 6.45) is -2.92. The molecule has 10 nitrogen and oxygen atoms in total. The van der Waals surface area contributed by atoms with Crippen molar-refractivity contribution in [2.24, 2.45) is 11.0 Å². The first-order chi connectivity index (χ1) is 24.0. The van der Waals surface area contributed by atoms with Crippen molar-refractivity contribution in [1.29, 1.82) is 0 Å². The van der Waals surface area contributed by atoms with Gasteiger partial charge >= 0.3 is 5.97 Å². The number of aliphatic carboxylic acids is 1. The largest absolute Gasteiger partial charge is 0.481 e. The summed E-state index contributed by atoms with van der Waals surface area (Å²) in [7, 11) is 0. The second-order valence-electron chi connectivity index (χ2n) is 12.2. The Hall–Kier alpha value is -4.54. The molecule has 0 aromatic heterocycles. The smallest absolute Gasteiger partial charge is 0.312 e. The Morgan fingerprint density at radius 2 is 1.10 bits per heavy atom. The van der Waals surface area contributed by atoms with Gasteiger partial charge in [0, 0.05) is 4.91 Å². The van der Waals surface area contributed by atoms with Crippen molar-refractivity contribution in [1.82, 2.24) is 0 Å². The molecule has 49 heavy (non-hydrogen) atoms. The first kappa shape index (κ1) is 35.8. The van der Waals surface area contributed by atoms with Crippen LogP contribution in [0.1, 0.15) is 35.6 Å². The van der Waals surface area contributed by atoms with Crippen LogP contribution in [0.5, 0.6) is 0 Å². The number of carboxylic acids is 1. The lowest BCUT2D eigenvalue weighted by molar-refractivity contribution is -0.275. The number of carbonyl (C=O) groups is 1. The molecule has 0 bridgehead atoms. The molecule has 10 heteroatoms. The van der Waals surface area contributed by atoms with Gasteiger partial charge in [-0.05, 0) is 40.1 Å². The van der Waals surface area contributed by atoms with Gasteiger partial charge < -0.3 is 28.8 Å². The van der Waals surface area contributed by atoms with Gasteiger partial charge in [0.15, 0.2) is 0 Å².